The van der Waals surface area contributed by atoms with E-state index in [1.54, 1.807) is 58.0 Å². The van der Waals surface area contributed by atoms with Crippen molar-refractivity contribution in [2.75, 3.05) is 124 Å². The Labute approximate surface area is 739 Å². The van der Waals surface area contributed by atoms with Crippen molar-refractivity contribution in [3.05, 3.63) is 245 Å². The van der Waals surface area contributed by atoms with E-state index in [0.29, 0.717) is 135 Å². The fraction of sp³-hybridized carbons (Fsp3) is 0.237. The van der Waals surface area contributed by atoms with Crippen molar-refractivity contribution < 1.29 is 47.6 Å². The average molecular weight is 1750 g/mol. The molecule has 3 atom stereocenters. The van der Waals surface area contributed by atoms with Gasteiger partial charge < -0.3 is 65.0 Å². The number of likely N-dealkylation sites (tertiary alicyclic amines) is 1. The molecule has 11 aromatic carbocycles. The number of hydrogen-bond donors (Lipinski definition) is 5. The van der Waals surface area contributed by atoms with Gasteiger partial charge in [-0.3, -0.25) is 14.4 Å². The molecule has 0 aliphatic carbocycles. The van der Waals surface area contributed by atoms with E-state index in [9.17, 15) is 35.0 Å². The van der Waals surface area contributed by atoms with E-state index in [2.05, 4.69) is 63.7 Å². The number of aromatic nitrogens is 6. The van der Waals surface area contributed by atoms with Crippen molar-refractivity contribution in [1.82, 2.24) is 49.5 Å². The summed E-state index contributed by atoms with van der Waals surface area (Å²) in [7, 11) is 2.07. The SMILES string of the molecule is C=CC(=O)N1CCN(c2nc(Nc3ccc(C)cc3)nc3c(F)c(-c4cc(O)cc5ccccc45)c(Cl)cc23)CC1.C=CC(=O)N1CCN(c2nc(OCC3CN(C)CC3C)nc3c(F)c(-c4cc(O)cc5ccccc45)c(Cl)cc23)CC1CC#N.CC(=O)N1CCN(c2nc(Nc3ccc(C)cc3)nc3c(F)c(-c4cc(O)cc5ccccc45)c(Cl)cc23)CC1. The first kappa shape index (κ1) is 86.0. The number of fused-ring (bicyclic) bond motifs is 6. The number of piperazine rings is 3. The molecule has 23 nitrogen and oxygen atoms in total. The minimum absolute atomic E-state index is 0.00584. The van der Waals surface area contributed by atoms with Crippen LogP contribution in [0.25, 0.3) is 98.4 Å². The first-order valence-electron chi connectivity index (χ1n) is 41.2. The summed E-state index contributed by atoms with van der Waals surface area (Å²) in [5.41, 5.74) is 5.78. The fourth-order valence-electron chi connectivity index (χ4n) is 17.1. The van der Waals surface area contributed by atoms with E-state index in [1.165, 1.54) is 30.4 Å². The number of aryl methyl sites for hydroxylation is 2. The van der Waals surface area contributed by atoms with E-state index < -0.39 is 23.5 Å². The van der Waals surface area contributed by atoms with Gasteiger partial charge in [-0.05, 0) is 167 Å². The number of nitrogens with zero attached hydrogens (tertiary/aromatic N) is 14. The van der Waals surface area contributed by atoms with Crippen LogP contribution in [-0.4, -0.2) is 187 Å². The number of carbonyl (C=O) groups is 3. The molecule has 0 spiro atoms. The molecule has 3 aromatic heterocycles. The molecule has 14 aromatic rings. The molecule has 4 aliphatic heterocycles. The van der Waals surface area contributed by atoms with Crippen LogP contribution in [0.15, 0.2) is 201 Å². The van der Waals surface area contributed by atoms with Crippen molar-refractivity contribution in [3.63, 3.8) is 0 Å². The third-order valence-corrected chi connectivity index (χ3v) is 24.5. The quantitative estimate of drug-likeness (QED) is 0.0563. The minimum Gasteiger partial charge on any atom is -0.508 e. The van der Waals surface area contributed by atoms with Gasteiger partial charge in [-0.15, -0.1) is 0 Å². The van der Waals surface area contributed by atoms with Crippen LogP contribution in [0.3, 0.4) is 0 Å². The van der Waals surface area contributed by atoms with E-state index in [-0.39, 0.29) is 114 Å². The minimum atomic E-state index is -0.662. The maximum Gasteiger partial charge on any atom is 0.319 e. The Hall–Kier alpha value is -13.6. The summed E-state index contributed by atoms with van der Waals surface area (Å²) in [6, 6.07) is 54.0. The zero-order valence-corrected chi connectivity index (χ0v) is 71.9. The van der Waals surface area contributed by atoms with E-state index >= 15 is 13.2 Å². The van der Waals surface area contributed by atoms with E-state index in [1.807, 2.05) is 150 Å². The molecule has 0 bridgehead atoms. The third kappa shape index (κ3) is 17.8. The lowest BCUT2D eigenvalue weighted by Gasteiger charge is -2.41. The van der Waals surface area contributed by atoms with Gasteiger partial charge in [0.05, 0.1) is 40.2 Å². The van der Waals surface area contributed by atoms with Gasteiger partial charge in [-0.25, -0.2) is 23.1 Å². The van der Waals surface area contributed by atoms with Gasteiger partial charge in [0.1, 0.15) is 51.3 Å². The molecular weight excluding hydrogens is 1660 g/mol. The lowest BCUT2D eigenvalue weighted by Crippen LogP contribution is -2.55. The number of benzene rings is 11. The van der Waals surface area contributed by atoms with Crippen LogP contribution in [0.2, 0.25) is 15.1 Å². The Bertz CT molecular complexity index is 6690. The van der Waals surface area contributed by atoms with Gasteiger partial charge in [0.25, 0.3) is 0 Å². The molecule has 4 saturated heterocycles. The van der Waals surface area contributed by atoms with E-state index in [4.69, 9.17) is 54.5 Å². The highest BCUT2D eigenvalue weighted by molar-refractivity contribution is 6.36. The normalized spacial score (nSPS) is 16.1. The number of nitrogens with one attached hydrogen (secondary N) is 2. The van der Waals surface area contributed by atoms with Crippen molar-refractivity contribution in [2.45, 2.75) is 40.2 Å². The first-order chi connectivity index (χ1) is 60.8. The topological polar surface area (TPSA) is 269 Å². The van der Waals surface area contributed by atoms with Crippen LogP contribution in [0.4, 0.5) is 53.9 Å². The molecule has 18 rings (SSSR count). The zero-order chi connectivity index (χ0) is 88.5. The summed E-state index contributed by atoms with van der Waals surface area (Å²) in [6.07, 6.45) is 2.66. The maximum atomic E-state index is 16.8. The van der Waals surface area contributed by atoms with Crippen LogP contribution in [0, 0.1) is 54.5 Å². The summed E-state index contributed by atoms with van der Waals surface area (Å²) in [5.74, 6) is 0.382. The van der Waals surface area contributed by atoms with Crippen LogP contribution < -0.4 is 30.1 Å². The summed E-state index contributed by atoms with van der Waals surface area (Å²) in [6.45, 7) is 22.2. The molecule has 0 radical (unpaired) electrons. The molecule has 5 N–H and O–H groups in total. The van der Waals surface area contributed by atoms with Crippen molar-refractivity contribution in [2.24, 2.45) is 11.8 Å². The second-order valence-corrected chi connectivity index (χ2v) is 33.2. The Balaban J connectivity index is 0.000000139. The Morgan fingerprint density at radius 2 is 0.897 bits per heavy atom. The molecule has 4 fully saturated rings. The average Bonchev–Trinajstić information content (AvgIpc) is 0.884. The Kier molecular flexibility index (Phi) is 25.0. The van der Waals surface area contributed by atoms with Crippen molar-refractivity contribution >= 4 is 158 Å². The van der Waals surface area contributed by atoms with Gasteiger partial charge in [0.2, 0.25) is 29.6 Å². The highest BCUT2D eigenvalue weighted by atomic mass is 35.5. The number of aromatic hydroxyl groups is 3. The summed E-state index contributed by atoms with van der Waals surface area (Å²) >= 11 is 20.4. The number of phenols is 3. The zero-order valence-electron chi connectivity index (χ0n) is 69.7. The maximum absolute atomic E-state index is 16.8. The molecule has 0 saturated carbocycles. The number of phenolic OH excluding ortho intramolecular Hbond substituents is 3. The molecular formula is C97H88Cl3F3N16O7. The highest BCUT2D eigenvalue weighted by Crippen LogP contribution is 2.48. The number of anilines is 7. The lowest BCUT2D eigenvalue weighted by molar-refractivity contribution is -0.129. The van der Waals surface area contributed by atoms with Crippen molar-refractivity contribution in [1.29, 1.82) is 5.26 Å². The summed E-state index contributed by atoms with van der Waals surface area (Å²) in [4.78, 5) is 78.1. The third-order valence-electron chi connectivity index (χ3n) is 23.6. The van der Waals surface area contributed by atoms with Crippen LogP contribution in [-0.2, 0) is 14.4 Å². The predicted octanol–water partition coefficient (Wildman–Crippen LogP) is 19.1. The standard InChI is InChI=1S/C34H34ClFN6O3.C32H27ClFN5O2.C31H27ClFN5O2/c1-4-29(44)42-12-11-41(18-23(42)9-10-37)33-27-15-28(35)30(26-14-24(43)13-21-7-5-6-8-25(21)26)31(36)32(27)38-34(39-33)45-19-22-17-40(3)16-20(22)2;1-3-27(41)38-12-14-39(15-13-38)31-25-18-26(33)28(24-17-22(40)16-20-6-4-5-7-23(20)24)29(34)30(25)36-32(37-31)35-21-10-8-19(2)9-11-21;1-18-7-9-21(10-8-18)34-31-35-29-25(30(36-31)38-13-11-37(12-14-38)19(2)39)17-26(32)27(28(29)33)24-16-22(40)15-20-5-3-4-6-23(20)24/h4-8,13-15,20,22-23,43H,1,9,11-12,16-19H2,2-3H3;3-11,16-18,40H,1,12-15H2,2H3,(H,35,36,37);3-10,15-17,40H,11-14H2,1-2H3,(H,34,35,36). The number of amides is 3. The molecule has 126 heavy (non-hydrogen) atoms. The number of halogens is 6. The highest BCUT2D eigenvalue weighted by Gasteiger charge is 2.36. The number of ether oxygens (including phenoxy) is 1. The molecule has 3 amide bonds. The number of rotatable bonds is 16. The molecule has 640 valence electrons. The van der Waals surface area contributed by atoms with Gasteiger partial charge >= 0.3 is 6.01 Å². The smallest absolute Gasteiger partial charge is 0.319 e. The number of carbonyl (C=O) groups excluding carboxylic acids is 3. The van der Waals surface area contributed by atoms with E-state index in [0.717, 1.165) is 67.9 Å². The molecule has 29 heteroatoms. The van der Waals surface area contributed by atoms with Crippen LogP contribution in [0.5, 0.6) is 23.3 Å². The largest absolute Gasteiger partial charge is 0.508 e. The number of hydrogen-bond acceptors (Lipinski definition) is 20. The summed E-state index contributed by atoms with van der Waals surface area (Å²) in [5, 5.41) is 53.6. The van der Waals surface area contributed by atoms with Gasteiger partial charge in [-0.1, -0.05) is 163 Å². The van der Waals surface area contributed by atoms with Gasteiger partial charge in [-0.2, -0.15) is 25.2 Å². The number of nitriles is 1. The molecule has 4 aliphatic rings. The summed E-state index contributed by atoms with van der Waals surface area (Å²) < 4.78 is 56.2. The Morgan fingerprint density at radius 3 is 1.29 bits per heavy atom. The molecule has 3 unspecified atom stereocenters. The monoisotopic (exact) mass is 1750 g/mol. The van der Waals surface area contributed by atoms with Crippen LogP contribution in [0.1, 0.15) is 31.4 Å². The second kappa shape index (κ2) is 36.7. The fourth-order valence-corrected chi connectivity index (χ4v) is 18.0. The van der Waals surface area contributed by atoms with Gasteiger partial charge in [0, 0.05) is 142 Å². The Morgan fingerprint density at radius 1 is 0.500 bits per heavy atom. The molecule has 7 heterocycles. The van der Waals surface area contributed by atoms with Gasteiger partial charge in [0.15, 0.2) is 17.5 Å². The second-order valence-electron chi connectivity index (χ2n) is 32.0. The van der Waals surface area contributed by atoms with Crippen molar-refractivity contribution in [3.8, 4) is 62.7 Å². The predicted molar refractivity (Wildman–Crippen MR) is 494 cm³/mol. The lowest BCUT2D eigenvalue weighted by atomic mass is 9.96. The van der Waals surface area contributed by atoms with Crippen LogP contribution >= 0.6 is 34.8 Å². The first-order valence-corrected chi connectivity index (χ1v) is 42.4.